The van der Waals surface area contributed by atoms with Gasteiger partial charge in [0.05, 0.1) is 5.56 Å². The number of halogens is 2. The SMILES string of the molecule is N#Cc1ccc(NS(=O)(=O)c2cc(F)ccc2F)nc1. The molecule has 1 heterocycles. The zero-order valence-electron chi connectivity index (χ0n) is 9.84. The first-order chi connectivity index (χ1) is 9.42. The van der Waals surface area contributed by atoms with Crippen LogP contribution in [0.5, 0.6) is 0 Å². The summed E-state index contributed by atoms with van der Waals surface area (Å²) in [6.45, 7) is 0. The lowest BCUT2D eigenvalue weighted by Gasteiger charge is -2.08. The summed E-state index contributed by atoms with van der Waals surface area (Å²) >= 11 is 0. The van der Waals surface area contributed by atoms with Gasteiger partial charge >= 0.3 is 0 Å². The van der Waals surface area contributed by atoms with Crippen LogP contribution in [-0.4, -0.2) is 13.4 Å². The molecule has 0 radical (unpaired) electrons. The molecule has 8 heteroatoms. The van der Waals surface area contributed by atoms with E-state index in [1.807, 2.05) is 10.8 Å². The highest BCUT2D eigenvalue weighted by atomic mass is 32.2. The fourth-order valence-corrected chi connectivity index (χ4v) is 2.49. The molecule has 1 aromatic heterocycles. The summed E-state index contributed by atoms with van der Waals surface area (Å²) in [5.74, 6) is -2.06. The minimum Gasteiger partial charge on any atom is -0.263 e. The predicted molar refractivity (Wildman–Crippen MR) is 66.1 cm³/mol. The van der Waals surface area contributed by atoms with E-state index in [-0.39, 0.29) is 11.4 Å². The number of rotatable bonds is 3. The number of pyridine rings is 1. The standard InChI is InChI=1S/C12H7F2N3O2S/c13-9-2-3-10(14)11(5-9)20(18,19)17-12-4-1-8(6-15)7-16-12/h1-5,7H,(H,16,17). The van der Waals surface area contributed by atoms with Crippen molar-refractivity contribution in [2.24, 2.45) is 0 Å². The van der Waals surface area contributed by atoms with Gasteiger partial charge in [-0.25, -0.2) is 22.2 Å². The zero-order valence-corrected chi connectivity index (χ0v) is 10.7. The van der Waals surface area contributed by atoms with Gasteiger partial charge in [0.15, 0.2) is 0 Å². The highest BCUT2D eigenvalue weighted by Gasteiger charge is 2.20. The number of hydrogen-bond donors (Lipinski definition) is 1. The van der Waals surface area contributed by atoms with Crippen molar-refractivity contribution in [1.82, 2.24) is 4.98 Å². The van der Waals surface area contributed by atoms with Crippen molar-refractivity contribution in [3.05, 3.63) is 53.7 Å². The van der Waals surface area contributed by atoms with Gasteiger partial charge in [0.25, 0.3) is 10.0 Å². The van der Waals surface area contributed by atoms with Crippen LogP contribution in [-0.2, 0) is 10.0 Å². The lowest BCUT2D eigenvalue weighted by Crippen LogP contribution is -2.15. The van der Waals surface area contributed by atoms with Gasteiger partial charge in [0.2, 0.25) is 0 Å². The van der Waals surface area contributed by atoms with Crippen LogP contribution in [0.2, 0.25) is 0 Å². The Morgan fingerprint density at radius 2 is 1.95 bits per heavy atom. The Balaban J connectivity index is 2.35. The predicted octanol–water partition coefficient (Wildman–Crippen LogP) is 2.03. The van der Waals surface area contributed by atoms with E-state index in [1.54, 1.807) is 0 Å². The highest BCUT2D eigenvalue weighted by Crippen LogP contribution is 2.18. The lowest BCUT2D eigenvalue weighted by molar-refractivity contribution is 0.555. The Kier molecular flexibility index (Phi) is 3.63. The monoisotopic (exact) mass is 295 g/mol. The summed E-state index contributed by atoms with van der Waals surface area (Å²) in [5.41, 5.74) is 0.241. The fourth-order valence-electron chi connectivity index (χ4n) is 1.40. The summed E-state index contributed by atoms with van der Waals surface area (Å²) < 4.78 is 52.3. The molecule has 0 aliphatic rings. The molecule has 0 spiro atoms. The van der Waals surface area contributed by atoms with Gasteiger partial charge in [-0.05, 0) is 30.3 Å². The number of aromatic nitrogens is 1. The Bertz CT molecular complexity index is 783. The second-order valence-electron chi connectivity index (χ2n) is 3.72. The maximum absolute atomic E-state index is 13.4. The minimum absolute atomic E-state index is 0.104. The van der Waals surface area contributed by atoms with Crippen LogP contribution in [0, 0.1) is 23.0 Å². The van der Waals surface area contributed by atoms with Crippen molar-refractivity contribution < 1.29 is 17.2 Å². The molecule has 5 nitrogen and oxygen atoms in total. The van der Waals surface area contributed by atoms with Crippen molar-refractivity contribution >= 4 is 15.8 Å². The average molecular weight is 295 g/mol. The Labute approximate surface area is 113 Å². The van der Waals surface area contributed by atoms with E-state index in [2.05, 4.69) is 4.98 Å². The van der Waals surface area contributed by atoms with E-state index in [9.17, 15) is 17.2 Å². The van der Waals surface area contributed by atoms with Crippen molar-refractivity contribution in [1.29, 1.82) is 5.26 Å². The van der Waals surface area contributed by atoms with E-state index in [0.717, 1.165) is 18.3 Å². The van der Waals surface area contributed by atoms with E-state index in [4.69, 9.17) is 5.26 Å². The molecular formula is C12H7F2N3O2S. The molecular weight excluding hydrogens is 288 g/mol. The molecule has 0 amide bonds. The quantitative estimate of drug-likeness (QED) is 0.939. The molecule has 1 N–H and O–H groups in total. The second kappa shape index (κ2) is 5.22. The molecule has 2 aromatic rings. The van der Waals surface area contributed by atoms with Gasteiger partial charge in [0.1, 0.15) is 28.4 Å². The molecule has 0 aliphatic heterocycles. The number of sulfonamides is 1. The number of nitriles is 1. The largest absolute Gasteiger partial charge is 0.266 e. The number of anilines is 1. The Hall–Kier alpha value is -2.53. The average Bonchev–Trinajstić information content (AvgIpc) is 2.42. The second-order valence-corrected chi connectivity index (χ2v) is 5.37. The van der Waals surface area contributed by atoms with Crippen LogP contribution < -0.4 is 4.72 Å². The fraction of sp³-hybridized carbons (Fsp3) is 0. The maximum Gasteiger partial charge on any atom is 0.266 e. The van der Waals surface area contributed by atoms with Crippen LogP contribution >= 0.6 is 0 Å². The van der Waals surface area contributed by atoms with Crippen LogP contribution in [0.25, 0.3) is 0 Å². The van der Waals surface area contributed by atoms with Crippen LogP contribution in [0.15, 0.2) is 41.4 Å². The molecule has 0 atom stereocenters. The number of benzene rings is 1. The van der Waals surface area contributed by atoms with Gasteiger partial charge in [-0.2, -0.15) is 5.26 Å². The molecule has 20 heavy (non-hydrogen) atoms. The zero-order chi connectivity index (χ0) is 14.8. The van der Waals surface area contributed by atoms with E-state index in [0.29, 0.717) is 6.07 Å². The molecule has 2 rings (SSSR count). The van der Waals surface area contributed by atoms with E-state index < -0.39 is 26.6 Å². The Morgan fingerprint density at radius 3 is 2.55 bits per heavy atom. The molecule has 1 aromatic carbocycles. The van der Waals surface area contributed by atoms with Crippen LogP contribution in [0.4, 0.5) is 14.6 Å². The third kappa shape index (κ3) is 2.89. The van der Waals surface area contributed by atoms with Crippen LogP contribution in [0.3, 0.4) is 0 Å². The smallest absolute Gasteiger partial charge is 0.263 e. The first-order valence-electron chi connectivity index (χ1n) is 5.26. The summed E-state index contributed by atoms with van der Waals surface area (Å²) in [6, 6.07) is 6.50. The van der Waals surface area contributed by atoms with Gasteiger partial charge < -0.3 is 0 Å². The third-order valence-electron chi connectivity index (χ3n) is 2.31. The summed E-state index contributed by atoms with van der Waals surface area (Å²) in [4.78, 5) is 2.87. The molecule has 0 unspecified atom stereocenters. The molecule has 0 saturated heterocycles. The Morgan fingerprint density at radius 1 is 1.20 bits per heavy atom. The first-order valence-corrected chi connectivity index (χ1v) is 6.75. The van der Waals surface area contributed by atoms with Crippen molar-refractivity contribution in [2.75, 3.05) is 4.72 Å². The van der Waals surface area contributed by atoms with E-state index in [1.165, 1.54) is 12.1 Å². The van der Waals surface area contributed by atoms with Crippen LogP contribution in [0.1, 0.15) is 5.56 Å². The number of nitrogens with zero attached hydrogens (tertiary/aromatic N) is 2. The minimum atomic E-state index is -4.30. The summed E-state index contributed by atoms with van der Waals surface area (Å²) in [7, 11) is -4.30. The van der Waals surface area contributed by atoms with Gasteiger partial charge in [-0.15, -0.1) is 0 Å². The molecule has 0 saturated carbocycles. The normalized spacial score (nSPS) is 10.8. The lowest BCUT2D eigenvalue weighted by atomic mass is 10.3. The molecule has 102 valence electrons. The van der Waals surface area contributed by atoms with Crippen molar-refractivity contribution in [3.8, 4) is 6.07 Å². The third-order valence-corrected chi connectivity index (χ3v) is 3.68. The molecule has 0 fully saturated rings. The number of nitrogens with one attached hydrogen (secondary N) is 1. The molecule has 0 bridgehead atoms. The number of hydrogen-bond acceptors (Lipinski definition) is 4. The summed E-state index contributed by atoms with van der Waals surface area (Å²) in [5, 5.41) is 8.59. The first kappa shape index (κ1) is 13.9. The summed E-state index contributed by atoms with van der Waals surface area (Å²) in [6.07, 6.45) is 1.15. The van der Waals surface area contributed by atoms with Gasteiger partial charge in [-0.3, -0.25) is 4.72 Å². The van der Waals surface area contributed by atoms with Gasteiger partial charge in [-0.1, -0.05) is 0 Å². The maximum atomic E-state index is 13.4. The van der Waals surface area contributed by atoms with Crippen molar-refractivity contribution in [2.45, 2.75) is 4.90 Å². The topological polar surface area (TPSA) is 82.9 Å². The van der Waals surface area contributed by atoms with Gasteiger partial charge in [0, 0.05) is 6.20 Å². The highest BCUT2D eigenvalue weighted by molar-refractivity contribution is 7.92. The van der Waals surface area contributed by atoms with E-state index >= 15 is 0 Å². The molecule has 0 aliphatic carbocycles. The van der Waals surface area contributed by atoms with Crippen molar-refractivity contribution in [3.63, 3.8) is 0 Å².